The Balaban J connectivity index is 1.88. The van der Waals surface area contributed by atoms with Crippen molar-refractivity contribution >= 4 is 23.2 Å². The normalized spacial score (nSPS) is 9.95. The summed E-state index contributed by atoms with van der Waals surface area (Å²) in [6.07, 6.45) is 1.30. The van der Waals surface area contributed by atoms with Crippen LogP contribution in [0.25, 0.3) is 0 Å². The summed E-state index contributed by atoms with van der Waals surface area (Å²) in [5.74, 6) is -0.278. The van der Waals surface area contributed by atoms with Gasteiger partial charge in [0.1, 0.15) is 0 Å². The molecule has 0 unspecified atom stereocenters. The number of carbonyl (C=O) groups is 1. The summed E-state index contributed by atoms with van der Waals surface area (Å²) in [6, 6.07) is 11.4. The fourth-order valence-corrected chi connectivity index (χ4v) is 1.52. The Morgan fingerprint density at radius 2 is 2.00 bits per heavy atom. The van der Waals surface area contributed by atoms with Crippen molar-refractivity contribution in [1.29, 1.82) is 0 Å². The number of benzene rings is 1. The third kappa shape index (κ3) is 3.86. The Bertz CT molecular complexity index is 572. The Labute approximate surface area is 115 Å². The Morgan fingerprint density at radius 3 is 2.68 bits per heavy atom. The molecule has 0 radical (unpaired) electrons. The zero-order valence-corrected chi connectivity index (χ0v) is 10.6. The fourth-order valence-electron chi connectivity index (χ4n) is 1.39. The highest BCUT2D eigenvalue weighted by Gasteiger charge is 2.08. The number of nitrogens with one attached hydrogen (secondary N) is 1. The molecule has 0 aliphatic carbocycles. The molecule has 98 valence electrons. The number of rotatable bonds is 4. The smallest absolute Gasteiger partial charge is 0.379 e. The van der Waals surface area contributed by atoms with Crippen molar-refractivity contribution in [3.8, 4) is 5.88 Å². The lowest BCUT2D eigenvalue weighted by molar-refractivity contribution is -0.612. The number of pyridine rings is 1. The van der Waals surface area contributed by atoms with Crippen LogP contribution < -0.4 is 14.8 Å². The topological polar surface area (TPSA) is 65.3 Å². The van der Waals surface area contributed by atoms with Gasteiger partial charge in [-0.25, -0.2) is 0 Å². The van der Waals surface area contributed by atoms with Crippen LogP contribution in [0.3, 0.4) is 0 Å². The number of anilines is 1. The average molecular weight is 279 g/mol. The third-order valence-corrected chi connectivity index (χ3v) is 2.52. The number of nitrogens with zero attached hydrogens (tertiary/aromatic N) is 1. The minimum atomic E-state index is -0.355. The van der Waals surface area contributed by atoms with Crippen molar-refractivity contribution in [1.82, 2.24) is 0 Å². The van der Waals surface area contributed by atoms with E-state index in [1.807, 2.05) is 0 Å². The van der Waals surface area contributed by atoms with Crippen LogP contribution in [0.2, 0.25) is 5.02 Å². The van der Waals surface area contributed by atoms with Crippen LogP contribution in [-0.2, 0) is 4.79 Å². The minimum Gasteiger partial charge on any atom is -0.616 e. The van der Waals surface area contributed by atoms with E-state index in [1.165, 1.54) is 12.3 Å². The predicted molar refractivity (Wildman–Crippen MR) is 71.0 cm³/mol. The molecule has 0 bridgehead atoms. The Morgan fingerprint density at radius 1 is 1.26 bits per heavy atom. The van der Waals surface area contributed by atoms with Gasteiger partial charge in [0.15, 0.2) is 12.8 Å². The van der Waals surface area contributed by atoms with Crippen molar-refractivity contribution in [2.45, 2.75) is 0 Å². The van der Waals surface area contributed by atoms with Gasteiger partial charge in [0.05, 0.1) is 6.07 Å². The van der Waals surface area contributed by atoms with Crippen LogP contribution in [0.5, 0.6) is 5.88 Å². The van der Waals surface area contributed by atoms with Gasteiger partial charge in [-0.1, -0.05) is 11.6 Å². The SMILES string of the molecule is O=C(COc1cccc[n+]1[O-])Nc1ccc(Cl)cc1. The van der Waals surface area contributed by atoms with E-state index in [-0.39, 0.29) is 18.4 Å². The van der Waals surface area contributed by atoms with Gasteiger partial charge in [0.2, 0.25) is 0 Å². The van der Waals surface area contributed by atoms with Crippen LogP contribution >= 0.6 is 11.6 Å². The van der Waals surface area contributed by atoms with Crippen LogP contribution in [0, 0.1) is 5.21 Å². The fraction of sp³-hybridized carbons (Fsp3) is 0.0769. The van der Waals surface area contributed by atoms with E-state index in [0.717, 1.165) is 0 Å². The lowest BCUT2D eigenvalue weighted by Gasteiger charge is -2.07. The van der Waals surface area contributed by atoms with Crippen LogP contribution in [-0.4, -0.2) is 12.5 Å². The summed E-state index contributed by atoms with van der Waals surface area (Å²) in [7, 11) is 0. The van der Waals surface area contributed by atoms with E-state index in [1.54, 1.807) is 36.4 Å². The molecule has 0 aliphatic heterocycles. The van der Waals surface area contributed by atoms with Crippen molar-refractivity contribution in [2.75, 3.05) is 11.9 Å². The van der Waals surface area contributed by atoms with Crippen molar-refractivity contribution < 1.29 is 14.3 Å². The molecule has 5 nitrogen and oxygen atoms in total. The monoisotopic (exact) mass is 278 g/mol. The van der Waals surface area contributed by atoms with Crippen molar-refractivity contribution in [3.05, 3.63) is 58.9 Å². The summed E-state index contributed by atoms with van der Waals surface area (Å²) in [6.45, 7) is -0.241. The van der Waals surface area contributed by atoms with Gasteiger partial charge in [0.25, 0.3) is 5.91 Å². The molecule has 1 aromatic carbocycles. The number of hydrogen-bond donors (Lipinski definition) is 1. The lowest BCUT2D eigenvalue weighted by atomic mass is 10.3. The molecule has 2 aromatic rings. The standard InChI is InChI=1S/C13H11ClN2O3/c14-10-4-6-11(7-5-10)15-12(17)9-19-13-3-1-2-8-16(13)18/h1-8H,9H2,(H,15,17). The van der Waals surface area contributed by atoms with Crippen molar-refractivity contribution in [2.24, 2.45) is 0 Å². The van der Waals surface area contributed by atoms with Gasteiger partial charge in [0, 0.05) is 16.8 Å². The zero-order chi connectivity index (χ0) is 13.7. The summed E-state index contributed by atoms with van der Waals surface area (Å²) >= 11 is 5.73. The maximum absolute atomic E-state index is 11.6. The summed E-state index contributed by atoms with van der Waals surface area (Å²) in [4.78, 5) is 11.6. The molecule has 0 aliphatic rings. The van der Waals surface area contributed by atoms with Gasteiger partial charge >= 0.3 is 5.88 Å². The molecule has 1 amide bonds. The van der Waals surface area contributed by atoms with E-state index in [2.05, 4.69) is 5.32 Å². The molecule has 0 atom stereocenters. The van der Waals surface area contributed by atoms with Gasteiger partial charge in [-0.15, -0.1) is 4.73 Å². The van der Waals surface area contributed by atoms with Gasteiger partial charge in [-0.3, -0.25) is 4.79 Å². The number of amides is 1. The van der Waals surface area contributed by atoms with Crippen LogP contribution in [0.4, 0.5) is 5.69 Å². The molecular weight excluding hydrogens is 268 g/mol. The number of ether oxygens (including phenoxy) is 1. The first-order valence-corrected chi connectivity index (χ1v) is 5.89. The summed E-state index contributed by atoms with van der Waals surface area (Å²) < 4.78 is 5.66. The van der Waals surface area contributed by atoms with Gasteiger partial charge in [-0.05, 0) is 30.3 Å². The third-order valence-electron chi connectivity index (χ3n) is 2.27. The van der Waals surface area contributed by atoms with Crippen LogP contribution in [0.15, 0.2) is 48.7 Å². The maximum Gasteiger partial charge on any atom is 0.379 e. The quantitative estimate of drug-likeness (QED) is 0.687. The van der Waals surface area contributed by atoms with Crippen LogP contribution in [0.1, 0.15) is 0 Å². The summed E-state index contributed by atoms with van der Waals surface area (Å²) in [5.41, 5.74) is 0.612. The van der Waals surface area contributed by atoms with E-state index in [9.17, 15) is 10.0 Å². The van der Waals surface area contributed by atoms with Crippen molar-refractivity contribution in [3.63, 3.8) is 0 Å². The van der Waals surface area contributed by atoms with Gasteiger partial charge in [-0.2, -0.15) is 0 Å². The molecule has 1 N–H and O–H groups in total. The molecule has 0 spiro atoms. The molecule has 0 saturated heterocycles. The highest BCUT2D eigenvalue weighted by atomic mass is 35.5. The van der Waals surface area contributed by atoms with E-state index in [4.69, 9.17) is 16.3 Å². The molecule has 0 fully saturated rings. The summed E-state index contributed by atoms with van der Waals surface area (Å²) in [5, 5.41) is 14.5. The average Bonchev–Trinajstić information content (AvgIpc) is 2.40. The predicted octanol–water partition coefficient (Wildman–Crippen LogP) is 1.99. The number of carbonyl (C=O) groups excluding carboxylic acids is 1. The van der Waals surface area contributed by atoms with E-state index in [0.29, 0.717) is 15.4 Å². The molecule has 0 saturated carbocycles. The second kappa shape index (κ2) is 6.06. The number of halogens is 1. The van der Waals surface area contributed by atoms with Gasteiger partial charge < -0.3 is 15.3 Å². The lowest BCUT2D eigenvalue weighted by Crippen LogP contribution is -2.30. The second-order valence-corrected chi connectivity index (χ2v) is 4.14. The molecule has 1 aromatic heterocycles. The number of hydrogen-bond acceptors (Lipinski definition) is 3. The maximum atomic E-state index is 11.6. The Kier molecular flexibility index (Phi) is 4.20. The minimum absolute atomic E-state index is 0.0776. The zero-order valence-electron chi connectivity index (χ0n) is 9.88. The van der Waals surface area contributed by atoms with E-state index < -0.39 is 0 Å². The first-order valence-electron chi connectivity index (χ1n) is 5.51. The molecular formula is C13H11ClN2O3. The largest absolute Gasteiger partial charge is 0.616 e. The van der Waals surface area contributed by atoms with E-state index >= 15 is 0 Å². The molecule has 19 heavy (non-hydrogen) atoms. The Hall–Kier alpha value is -2.27. The second-order valence-electron chi connectivity index (χ2n) is 3.71. The molecule has 1 heterocycles. The first-order chi connectivity index (χ1) is 9.15. The molecule has 6 heteroatoms. The first kappa shape index (κ1) is 13.2. The highest BCUT2D eigenvalue weighted by Crippen LogP contribution is 2.13. The number of aromatic nitrogens is 1. The molecule has 2 rings (SSSR count). The highest BCUT2D eigenvalue weighted by molar-refractivity contribution is 6.30.